The first-order chi connectivity index (χ1) is 9.40. The molecule has 114 valence electrons. The summed E-state index contributed by atoms with van der Waals surface area (Å²) >= 11 is 0. The largest absolute Gasteiger partial charge is 0.419 e. The predicted molar refractivity (Wildman–Crippen MR) is 68.9 cm³/mol. The molecule has 0 radical (unpaired) electrons. The van der Waals surface area contributed by atoms with E-state index in [1.807, 2.05) is 13.8 Å². The van der Waals surface area contributed by atoms with Gasteiger partial charge in [-0.3, -0.25) is 0 Å². The minimum Gasteiger partial charge on any atom is -0.379 e. The van der Waals surface area contributed by atoms with Crippen molar-refractivity contribution in [2.75, 3.05) is 19.8 Å². The quantitative estimate of drug-likeness (QED) is 0.607. The van der Waals surface area contributed by atoms with E-state index in [0.29, 0.717) is 18.7 Å². The summed E-state index contributed by atoms with van der Waals surface area (Å²) in [5.74, 6) is -1.26. The van der Waals surface area contributed by atoms with Gasteiger partial charge >= 0.3 is 6.18 Å². The van der Waals surface area contributed by atoms with Crippen molar-refractivity contribution in [1.82, 2.24) is 5.32 Å². The molecule has 0 heterocycles. The first-order valence-electron chi connectivity index (χ1n) is 6.57. The maximum absolute atomic E-state index is 13.2. The van der Waals surface area contributed by atoms with Crippen LogP contribution in [0.4, 0.5) is 17.6 Å². The van der Waals surface area contributed by atoms with Crippen molar-refractivity contribution < 1.29 is 22.3 Å². The van der Waals surface area contributed by atoms with Crippen molar-refractivity contribution in [2.24, 2.45) is 0 Å². The average molecular weight is 293 g/mol. The van der Waals surface area contributed by atoms with Crippen molar-refractivity contribution in [3.63, 3.8) is 0 Å². The van der Waals surface area contributed by atoms with E-state index in [0.717, 1.165) is 18.6 Å². The Hall–Kier alpha value is -1.14. The highest BCUT2D eigenvalue weighted by Gasteiger charge is 2.34. The maximum Gasteiger partial charge on any atom is 0.419 e. The highest BCUT2D eigenvalue weighted by atomic mass is 19.4. The van der Waals surface area contributed by atoms with Crippen molar-refractivity contribution in [3.8, 4) is 0 Å². The van der Waals surface area contributed by atoms with Crippen LogP contribution in [-0.4, -0.2) is 19.8 Å². The second-order valence-corrected chi connectivity index (χ2v) is 4.42. The number of hydrogen-bond acceptors (Lipinski definition) is 2. The molecule has 0 aromatic heterocycles. The molecule has 1 aromatic carbocycles. The summed E-state index contributed by atoms with van der Waals surface area (Å²) in [5, 5.41) is 3.04. The molecule has 1 N–H and O–H groups in total. The van der Waals surface area contributed by atoms with Crippen LogP contribution < -0.4 is 5.32 Å². The van der Waals surface area contributed by atoms with Crippen LogP contribution in [0.3, 0.4) is 0 Å². The molecular weight excluding hydrogens is 274 g/mol. The van der Waals surface area contributed by atoms with Crippen molar-refractivity contribution >= 4 is 0 Å². The van der Waals surface area contributed by atoms with Crippen molar-refractivity contribution in [1.29, 1.82) is 0 Å². The van der Waals surface area contributed by atoms with Crippen LogP contribution in [0.5, 0.6) is 0 Å². The van der Waals surface area contributed by atoms with Crippen molar-refractivity contribution in [3.05, 3.63) is 35.1 Å². The van der Waals surface area contributed by atoms with Gasteiger partial charge in [0.25, 0.3) is 0 Å². The van der Waals surface area contributed by atoms with Gasteiger partial charge in [-0.05, 0) is 30.7 Å². The summed E-state index contributed by atoms with van der Waals surface area (Å²) in [6.45, 7) is 5.17. The lowest BCUT2D eigenvalue weighted by Crippen LogP contribution is -2.26. The Bertz CT molecular complexity index is 420. The fourth-order valence-electron chi connectivity index (χ4n) is 1.84. The zero-order valence-electron chi connectivity index (χ0n) is 11.6. The number of hydrogen-bond donors (Lipinski definition) is 1. The molecule has 0 saturated carbocycles. The highest BCUT2D eigenvalue weighted by molar-refractivity contribution is 5.29. The summed E-state index contributed by atoms with van der Waals surface area (Å²) in [7, 11) is 0. The summed E-state index contributed by atoms with van der Waals surface area (Å²) in [5.41, 5.74) is -0.870. The molecule has 0 saturated heterocycles. The molecule has 1 atom stereocenters. The van der Waals surface area contributed by atoms with E-state index in [4.69, 9.17) is 4.74 Å². The molecule has 0 aliphatic carbocycles. The van der Waals surface area contributed by atoms with E-state index in [2.05, 4.69) is 5.32 Å². The van der Waals surface area contributed by atoms with E-state index in [1.165, 1.54) is 6.07 Å². The molecule has 0 fully saturated rings. The van der Waals surface area contributed by atoms with Gasteiger partial charge in [-0.25, -0.2) is 4.39 Å². The molecule has 1 rings (SSSR count). The number of ether oxygens (including phenoxy) is 1. The lowest BCUT2D eigenvalue weighted by Gasteiger charge is -2.20. The third kappa shape index (κ3) is 4.76. The van der Waals surface area contributed by atoms with Gasteiger partial charge in [0.1, 0.15) is 5.82 Å². The fraction of sp³-hybridized carbons (Fsp3) is 0.571. The van der Waals surface area contributed by atoms with E-state index in [1.54, 1.807) is 0 Å². The molecular formula is C14H19F4NO. The van der Waals surface area contributed by atoms with Gasteiger partial charge in [0.15, 0.2) is 0 Å². The predicted octanol–water partition coefficient (Wildman–Crippen LogP) is 3.92. The van der Waals surface area contributed by atoms with Crippen LogP contribution >= 0.6 is 0 Å². The second-order valence-electron chi connectivity index (χ2n) is 4.42. The Morgan fingerprint density at radius 1 is 1.25 bits per heavy atom. The molecule has 0 spiro atoms. The number of alkyl halides is 3. The summed E-state index contributed by atoms with van der Waals surface area (Å²) in [4.78, 5) is 0. The van der Waals surface area contributed by atoms with Gasteiger partial charge in [0, 0.05) is 6.61 Å². The average Bonchev–Trinajstić information content (AvgIpc) is 2.37. The van der Waals surface area contributed by atoms with Crippen LogP contribution in [-0.2, 0) is 10.9 Å². The molecule has 6 heteroatoms. The zero-order valence-corrected chi connectivity index (χ0v) is 11.6. The maximum atomic E-state index is 13.2. The molecule has 0 bridgehead atoms. The zero-order chi connectivity index (χ0) is 15.2. The molecule has 0 aliphatic heterocycles. The Morgan fingerprint density at radius 2 is 1.95 bits per heavy atom. The molecule has 1 unspecified atom stereocenters. The molecule has 1 aromatic rings. The van der Waals surface area contributed by atoms with Crippen molar-refractivity contribution in [2.45, 2.75) is 32.5 Å². The summed E-state index contributed by atoms with van der Waals surface area (Å²) in [6.07, 6.45) is -3.86. The lowest BCUT2D eigenvalue weighted by atomic mass is 10.0. The van der Waals surface area contributed by atoms with E-state index in [-0.39, 0.29) is 12.6 Å². The normalized spacial score (nSPS) is 13.5. The lowest BCUT2D eigenvalue weighted by molar-refractivity contribution is -0.140. The Kier molecular flexibility index (Phi) is 6.42. The van der Waals surface area contributed by atoms with E-state index < -0.39 is 17.6 Å². The topological polar surface area (TPSA) is 21.3 Å². The number of halogens is 4. The molecule has 20 heavy (non-hydrogen) atoms. The van der Waals surface area contributed by atoms with Crippen LogP contribution in [0, 0.1) is 5.82 Å². The first kappa shape index (κ1) is 16.9. The highest BCUT2D eigenvalue weighted by Crippen LogP contribution is 2.33. The smallest absolute Gasteiger partial charge is 0.379 e. The molecule has 2 nitrogen and oxygen atoms in total. The van der Waals surface area contributed by atoms with Gasteiger partial charge < -0.3 is 10.1 Å². The van der Waals surface area contributed by atoms with Gasteiger partial charge in [-0.15, -0.1) is 0 Å². The van der Waals surface area contributed by atoms with Crippen LogP contribution in [0.1, 0.15) is 37.4 Å². The number of benzene rings is 1. The monoisotopic (exact) mass is 293 g/mol. The molecule has 0 aliphatic rings. The van der Waals surface area contributed by atoms with Gasteiger partial charge in [-0.1, -0.05) is 19.9 Å². The third-order valence-corrected chi connectivity index (χ3v) is 2.78. The minimum atomic E-state index is -4.69. The standard InChI is InChI=1S/C14H19F4NO/c1-3-7-20-9-13(19-4-2)10-5-6-12(15)11(8-10)14(16,17)18/h5-6,8,13,19H,3-4,7,9H2,1-2H3. The van der Waals surface area contributed by atoms with Crippen LogP contribution in [0.25, 0.3) is 0 Å². The Morgan fingerprint density at radius 3 is 2.50 bits per heavy atom. The third-order valence-electron chi connectivity index (χ3n) is 2.78. The second kappa shape index (κ2) is 7.59. The summed E-state index contributed by atoms with van der Waals surface area (Å²) < 4.78 is 56.7. The Labute approximate surface area is 116 Å². The van der Waals surface area contributed by atoms with E-state index >= 15 is 0 Å². The number of nitrogens with one attached hydrogen (secondary N) is 1. The van der Waals surface area contributed by atoms with Crippen LogP contribution in [0.2, 0.25) is 0 Å². The van der Waals surface area contributed by atoms with E-state index in [9.17, 15) is 17.6 Å². The van der Waals surface area contributed by atoms with Crippen LogP contribution in [0.15, 0.2) is 18.2 Å². The van der Waals surface area contributed by atoms with Gasteiger partial charge in [0.05, 0.1) is 18.2 Å². The molecule has 0 amide bonds. The van der Waals surface area contributed by atoms with Gasteiger partial charge in [0.2, 0.25) is 0 Å². The minimum absolute atomic E-state index is 0.255. The SMILES string of the molecule is CCCOCC(NCC)c1ccc(F)c(C(F)(F)F)c1. The number of likely N-dealkylation sites (N-methyl/N-ethyl adjacent to an activating group) is 1. The Balaban J connectivity index is 2.96. The summed E-state index contributed by atoms with van der Waals surface area (Å²) in [6, 6.07) is 2.67. The first-order valence-corrected chi connectivity index (χ1v) is 6.57. The number of rotatable bonds is 7. The fourth-order valence-corrected chi connectivity index (χ4v) is 1.84. The van der Waals surface area contributed by atoms with Gasteiger partial charge in [-0.2, -0.15) is 13.2 Å².